The van der Waals surface area contributed by atoms with E-state index in [2.05, 4.69) is 10.6 Å². The van der Waals surface area contributed by atoms with Crippen molar-refractivity contribution < 1.29 is 22.4 Å². The van der Waals surface area contributed by atoms with Crippen LogP contribution in [0.25, 0.3) is 0 Å². The Morgan fingerprint density at radius 3 is 2.57 bits per heavy atom. The lowest BCUT2D eigenvalue weighted by Crippen LogP contribution is -2.52. The molecule has 0 aliphatic carbocycles. The molecule has 1 amide bonds. The summed E-state index contributed by atoms with van der Waals surface area (Å²) in [4.78, 5) is 12.2. The van der Waals surface area contributed by atoms with E-state index >= 15 is 0 Å². The van der Waals surface area contributed by atoms with E-state index < -0.39 is 23.5 Å². The van der Waals surface area contributed by atoms with Gasteiger partial charge >= 0.3 is 6.18 Å². The van der Waals surface area contributed by atoms with Gasteiger partial charge in [-0.1, -0.05) is 0 Å². The molecule has 1 saturated heterocycles. The second kappa shape index (κ2) is 5.36. The number of alkyl halides is 3. The summed E-state index contributed by atoms with van der Waals surface area (Å²) in [6.07, 6.45) is -4.81. The first-order chi connectivity index (χ1) is 9.67. The number of rotatable bonds is 3. The van der Waals surface area contributed by atoms with Crippen LogP contribution in [0.15, 0.2) is 10.5 Å². The minimum atomic E-state index is -4.57. The van der Waals surface area contributed by atoms with E-state index in [-0.39, 0.29) is 19.5 Å². The van der Waals surface area contributed by atoms with Gasteiger partial charge in [0.05, 0.1) is 6.04 Å². The number of aryl methyl sites for hydroxylation is 2. The average molecular weight is 304 g/mol. The van der Waals surface area contributed by atoms with Gasteiger partial charge in [0.25, 0.3) is 0 Å². The highest BCUT2D eigenvalue weighted by molar-refractivity contribution is 5.84. The normalized spacial score (nSPS) is 24.1. The number of halogens is 3. The van der Waals surface area contributed by atoms with Crippen molar-refractivity contribution in [2.24, 2.45) is 5.41 Å². The monoisotopic (exact) mass is 304 g/mol. The fourth-order valence-electron chi connectivity index (χ4n) is 2.75. The Hall–Kier alpha value is -1.50. The number of carbonyl (C=O) groups is 1. The van der Waals surface area contributed by atoms with Gasteiger partial charge in [0.2, 0.25) is 5.91 Å². The minimum Gasteiger partial charge on any atom is -0.466 e. The van der Waals surface area contributed by atoms with Crippen molar-refractivity contribution in [2.75, 3.05) is 13.1 Å². The molecule has 21 heavy (non-hydrogen) atoms. The Labute approximate surface area is 121 Å². The maximum absolute atomic E-state index is 13.3. The van der Waals surface area contributed by atoms with E-state index in [1.807, 2.05) is 0 Å². The van der Waals surface area contributed by atoms with Crippen LogP contribution in [0.3, 0.4) is 0 Å². The third-order valence-electron chi connectivity index (χ3n) is 4.03. The zero-order chi connectivity index (χ0) is 15.8. The highest BCUT2D eigenvalue weighted by Crippen LogP contribution is 2.43. The van der Waals surface area contributed by atoms with Crippen LogP contribution in [0.2, 0.25) is 0 Å². The maximum atomic E-state index is 13.3. The second-order valence-corrected chi connectivity index (χ2v) is 5.57. The standard InChI is InChI=1S/C14H19F3N2O2/c1-8-6-11(10(3)21-8)9(2)19-12(20)13(14(15,16)17)4-5-18-7-13/h6,9,18H,4-5,7H2,1-3H3,(H,19,20). The molecular weight excluding hydrogens is 285 g/mol. The van der Waals surface area contributed by atoms with Crippen molar-refractivity contribution in [3.05, 3.63) is 23.2 Å². The van der Waals surface area contributed by atoms with Gasteiger partial charge in [-0.3, -0.25) is 4.79 Å². The van der Waals surface area contributed by atoms with E-state index in [0.717, 1.165) is 0 Å². The van der Waals surface area contributed by atoms with E-state index in [0.29, 0.717) is 17.1 Å². The summed E-state index contributed by atoms with van der Waals surface area (Å²) in [7, 11) is 0. The van der Waals surface area contributed by atoms with Gasteiger partial charge in [-0.05, 0) is 39.8 Å². The Morgan fingerprint density at radius 2 is 2.14 bits per heavy atom. The first-order valence-electron chi connectivity index (χ1n) is 6.83. The van der Waals surface area contributed by atoms with Gasteiger partial charge < -0.3 is 15.1 Å². The SMILES string of the molecule is Cc1cc(C(C)NC(=O)C2(C(F)(F)F)CCNC2)c(C)o1. The summed E-state index contributed by atoms with van der Waals surface area (Å²) in [6, 6.07) is 1.20. The molecule has 0 aromatic carbocycles. The lowest BCUT2D eigenvalue weighted by molar-refractivity contribution is -0.216. The van der Waals surface area contributed by atoms with Crippen molar-refractivity contribution in [3.8, 4) is 0 Å². The summed E-state index contributed by atoms with van der Waals surface area (Å²) < 4.78 is 45.2. The molecular formula is C14H19F3N2O2. The molecule has 4 nitrogen and oxygen atoms in total. The first kappa shape index (κ1) is 15.9. The van der Waals surface area contributed by atoms with Crippen molar-refractivity contribution in [1.82, 2.24) is 10.6 Å². The van der Waals surface area contributed by atoms with Crippen LogP contribution in [0.4, 0.5) is 13.2 Å². The topological polar surface area (TPSA) is 54.3 Å². The lowest BCUT2D eigenvalue weighted by Gasteiger charge is -2.30. The molecule has 1 fully saturated rings. The summed E-state index contributed by atoms with van der Waals surface area (Å²) >= 11 is 0. The summed E-state index contributed by atoms with van der Waals surface area (Å²) in [6.45, 7) is 4.94. The molecule has 1 aliphatic rings. The molecule has 0 spiro atoms. The van der Waals surface area contributed by atoms with Gasteiger partial charge in [0, 0.05) is 12.1 Å². The zero-order valence-electron chi connectivity index (χ0n) is 12.2. The fourth-order valence-corrected chi connectivity index (χ4v) is 2.75. The number of hydrogen-bond acceptors (Lipinski definition) is 3. The quantitative estimate of drug-likeness (QED) is 0.902. The molecule has 2 atom stereocenters. The molecule has 118 valence electrons. The predicted molar refractivity (Wildman–Crippen MR) is 70.7 cm³/mol. The highest BCUT2D eigenvalue weighted by Gasteiger charge is 2.61. The molecule has 2 unspecified atom stereocenters. The number of carbonyl (C=O) groups excluding carboxylic acids is 1. The smallest absolute Gasteiger partial charge is 0.404 e. The second-order valence-electron chi connectivity index (χ2n) is 5.57. The van der Waals surface area contributed by atoms with Gasteiger partial charge in [0.15, 0.2) is 5.41 Å². The van der Waals surface area contributed by atoms with Crippen LogP contribution in [0.5, 0.6) is 0 Å². The molecule has 0 radical (unpaired) electrons. The molecule has 2 rings (SSSR count). The minimum absolute atomic E-state index is 0.186. The van der Waals surface area contributed by atoms with Crippen LogP contribution in [0.1, 0.15) is 36.5 Å². The van der Waals surface area contributed by atoms with Gasteiger partial charge in [-0.2, -0.15) is 13.2 Å². The molecule has 0 saturated carbocycles. The summed E-state index contributed by atoms with van der Waals surface area (Å²) in [5.41, 5.74) is -1.64. The average Bonchev–Trinajstić information content (AvgIpc) is 2.95. The van der Waals surface area contributed by atoms with Crippen molar-refractivity contribution in [1.29, 1.82) is 0 Å². The van der Waals surface area contributed by atoms with Crippen LogP contribution in [-0.2, 0) is 4.79 Å². The number of furan rings is 1. The van der Waals surface area contributed by atoms with Crippen LogP contribution < -0.4 is 10.6 Å². The molecule has 1 aliphatic heterocycles. The molecule has 2 heterocycles. The fraction of sp³-hybridized carbons (Fsp3) is 0.643. The molecule has 0 bridgehead atoms. The van der Waals surface area contributed by atoms with Crippen molar-refractivity contribution in [2.45, 2.75) is 39.4 Å². The largest absolute Gasteiger partial charge is 0.466 e. The molecule has 1 aromatic heterocycles. The zero-order valence-corrected chi connectivity index (χ0v) is 12.2. The maximum Gasteiger partial charge on any atom is 0.404 e. The Balaban J connectivity index is 2.18. The van der Waals surface area contributed by atoms with Crippen molar-refractivity contribution >= 4 is 5.91 Å². The van der Waals surface area contributed by atoms with Crippen LogP contribution >= 0.6 is 0 Å². The van der Waals surface area contributed by atoms with Crippen molar-refractivity contribution in [3.63, 3.8) is 0 Å². The summed E-state index contributed by atoms with van der Waals surface area (Å²) in [5, 5.41) is 5.11. The molecule has 1 aromatic rings. The van der Waals surface area contributed by atoms with Crippen LogP contribution in [0, 0.1) is 19.3 Å². The third-order valence-corrected chi connectivity index (χ3v) is 4.03. The van der Waals surface area contributed by atoms with E-state index in [1.165, 1.54) is 0 Å². The number of nitrogens with one attached hydrogen (secondary N) is 2. The Kier molecular flexibility index (Phi) is 4.06. The van der Waals surface area contributed by atoms with Gasteiger partial charge in [-0.25, -0.2) is 0 Å². The summed E-state index contributed by atoms with van der Waals surface area (Å²) in [5.74, 6) is 0.285. The Morgan fingerprint density at radius 1 is 1.48 bits per heavy atom. The first-order valence-corrected chi connectivity index (χ1v) is 6.83. The van der Waals surface area contributed by atoms with E-state index in [4.69, 9.17) is 4.42 Å². The Bertz CT molecular complexity index is 531. The van der Waals surface area contributed by atoms with E-state index in [9.17, 15) is 18.0 Å². The van der Waals surface area contributed by atoms with Gasteiger partial charge in [0.1, 0.15) is 11.5 Å². The lowest BCUT2D eigenvalue weighted by atomic mass is 9.84. The number of amides is 1. The third kappa shape index (κ3) is 2.79. The van der Waals surface area contributed by atoms with E-state index in [1.54, 1.807) is 26.8 Å². The molecule has 7 heteroatoms. The number of hydrogen-bond donors (Lipinski definition) is 2. The van der Waals surface area contributed by atoms with Crippen LogP contribution in [-0.4, -0.2) is 25.2 Å². The highest BCUT2D eigenvalue weighted by atomic mass is 19.4. The predicted octanol–water partition coefficient (Wildman–Crippen LogP) is 2.62. The van der Waals surface area contributed by atoms with Gasteiger partial charge in [-0.15, -0.1) is 0 Å². The molecule has 2 N–H and O–H groups in total.